The Morgan fingerprint density at radius 1 is 1.07 bits per heavy atom. The quantitative estimate of drug-likeness (QED) is 0.593. The van der Waals surface area contributed by atoms with Gasteiger partial charge in [0.2, 0.25) is 0 Å². The molecule has 8 heteroatoms. The number of hydrogen-bond donors (Lipinski definition) is 0. The highest BCUT2D eigenvalue weighted by atomic mass is 16.6. The van der Waals surface area contributed by atoms with Crippen molar-refractivity contribution in [1.82, 2.24) is 9.80 Å². The van der Waals surface area contributed by atoms with Crippen LogP contribution < -0.4 is 0 Å². The van der Waals surface area contributed by atoms with Gasteiger partial charge in [-0.2, -0.15) is 0 Å². The van der Waals surface area contributed by atoms with Gasteiger partial charge in [0.1, 0.15) is 12.2 Å². The Labute approximate surface area is 159 Å². The second kappa shape index (κ2) is 8.75. The number of methoxy groups -OCH3 is 1. The lowest BCUT2D eigenvalue weighted by Gasteiger charge is -2.39. The number of esters is 1. The molecule has 1 atom stereocenters. The molecule has 0 N–H and O–H groups in total. The molecular formula is C19H26N2O6. The molecule has 0 unspecified atom stereocenters. The number of benzene rings is 1. The largest absolute Gasteiger partial charge is 0.467 e. The van der Waals surface area contributed by atoms with Crippen LogP contribution in [0.5, 0.6) is 0 Å². The standard InChI is InChI=1S/C19H26N2O6/c1-19(2,3)27-18(24)21-11-10-20(12-15(21)16(22)25-4)17(23)26-13-14-8-6-5-7-9-14/h5-9,15H,10-13H2,1-4H3/t15-/m1/s1. The molecule has 0 spiro atoms. The van der Waals surface area contributed by atoms with Gasteiger partial charge >= 0.3 is 18.2 Å². The van der Waals surface area contributed by atoms with Crippen LogP contribution in [0.15, 0.2) is 30.3 Å². The van der Waals surface area contributed by atoms with Gasteiger partial charge in [-0.25, -0.2) is 14.4 Å². The highest BCUT2D eigenvalue weighted by Crippen LogP contribution is 2.18. The predicted molar refractivity (Wildman–Crippen MR) is 96.9 cm³/mol. The van der Waals surface area contributed by atoms with Gasteiger partial charge in [0, 0.05) is 13.1 Å². The van der Waals surface area contributed by atoms with Crippen LogP contribution in [-0.2, 0) is 25.6 Å². The van der Waals surface area contributed by atoms with Crippen molar-refractivity contribution in [3.8, 4) is 0 Å². The zero-order valence-electron chi connectivity index (χ0n) is 16.1. The number of piperazine rings is 1. The Balaban J connectivity index is 2.01. The number of rotatable bonds is 3. The molecule has 0 bridgehead atoms. The summed E-state index contributed by atoms with van der Waals surface area (Å²) in [7, 11) is 1.24. The molecule has 8 nitrogen and oxygen atoms in total. The maximum absolute atomic E-state index is 12.4. The smallest absolute Gasteiger partial charge is 0.411 e. The third-order valence-corrected chi connectivity index (χ3v) is 3.94. The number of amides is 2. The van der Waals surface area contributed by atoms with Crippen molar-refractivity contribution in [3.05, 3.63) is 35.9 Å². The second-order valence-electron chi connectivity index (χ2n) is 7.20. The predicted octanol–water partition coefficient (Wildman–Crippen LogP) is 2.42. The fraction of sp³-hybridized carbons (Fsp3) is 0.526. The topological polar surface area (TPSA) is 85.4 Å². The molecule has 1 aromatic rings. The summed E-state index contributed by atoms with van der Waals surface area (Å²) >= 11 is 0. The first-order valence-electron chi connectivity index (χ1n) is 8.74. The number of hydrogen-bond acceptors (Lipinski definition) is 6. The van der Waals surface area contributed by atoms with Gasteiger partial charge in [0.25, 0.3) is 0 Å². The molecule has 1 saturated heterocycles. The molecule has 2 rings (SSSR count). The van der Waals surface area contributed by atoms with Gasteiger partial charge in [0.15, 0.2) is 6.04 Å². The first kappa shape index (κ1) is 20.5. The molecule has 0 aromatic heterocycles. The van der Waals surface area contributed by atoms with Crippen LogP contribution in [0.3, 0.4) is 0 Å². The summed E-state index contributed by atoms with van der Waals surface area (Å²) in [5, 5.41) is 0. The van der Waals surface area contributed by atoms with Crippen LogP contribution in [0.25, 0.3) is 0 Å². The van der Waals surface area contributed by atoms with E-state index in [1.54, 1.807) is 20.8 Å². The van der Waals surface area contributed by atoms with Crippen LogP contribution in [0.2, 0.25) is 0 Å². The minimum absolute atomic E-state index is 0.0143. The first-order valence-corrected chi connectivity index (χ1v) is 8.74. The summed E-state index contributed by atoms with van der Waals surface area (Å²) in [5.41, 5.74) is 0.173. The molecule has 2 amide bonds. The maximum atomic E-state index is 12.4. The maximum Gasteiger partial charge on any atom is 0.411 e. The highest BCUT2D eigenvalue weighted by Gasteiger charge is 2.40. The van der Waals surface area contributed by atoms with E-state index < -0.39 is 29.8 Å². The van der Waals surface area contributed by atoms with Crippen LogP contribution in [0, 0.1) is 0 Å². The minimum atomic E-state index is -0.942. The Kier molecular flexibility index (Phi) is 6.65. The lowest BCUT2D eigenvalue weighted by atomic mass is 10.1. The summed E-state index contributed by atoms with van der Waals surface area (Å²) in [4.78, 5) is 39.6. The number of carbonyl (C=O) groups is 3. The monoisotopic (exact) mass is 378 g/mol. The Bertz CT molecular complexity index is 671. The molecule has 1 fully saturated rings. The van der Waals surface area contributed by atoms with Gasteiger partial charge in [-0.05, 0) is 26.3 Å². The van der Waals surface area contributed by atoms with Crippen LogP contribution in [-0.4, -0.2) is 66.3 Å². The van der Waals surface area contributed by atoms with E-state index >= 15 is 0 Å². The summed E-state index contributed by atoms with van der Waals surface area (Å²) < 4.78 is 15.4. The van der Waals surface area contributed by atoms with Gasteiger partial charge in [-0.15, -0.1) is 0 Å². The van der Waals surface area contributed by atoms with Crippen LogP contribution in [0.4, 0.5) is 9.59 Å². The first-order chi connectivity index (χ1) is 12.7. The summed E-state index contributed by atoms with van der Waals surface area (Å²) in [6.07, 6.45) is -1.16. The number of nitrogens with zero attached hydrogens (tertiary/aromatic N) is 2. The Morgan fingerprint density at radius 2 is 1.74 bits per heavy atom. The molecule has 0 saturated carbocycles. The molecule has 148 valence electrons. The lowest BCUT2D eigenvalue weighted by Crippen LogP contribution is -2.60. The SMILES string of the molecule is COC(=O)[C@H]1CN(C(=O)OCc2ccccc2)CCN1C(=O)OC(C)(C)C. The second-order valence-corrected chi connectivity index (χ2v) is 7.20. The van der Waals surface area contributed by atoms with Gasteiger partial charge < -0.3 is 19.1 Å². The van der Waals surface area contributed by atoms with E-state index in [4.69, 9.17) is 14.2 Å². The summed E-state index contributed by atoms with van der Waals surface area (Å²) in [6, 6.07) is 8.35. The Hall–Kier alpha value is -2.77. The number of ether oxygens (including phenoxy) is 3. The molecule has 1 aliphatic rings. The van der Waals surface area contributed by atoms with E-state index in [1.807, 2.05) is 30.3 Å². The fourth-order valence-corrected chi connectivity index (χ4v) is 2.64. The normalized spacial score (nSPS) is 17.3. The highest BCUT2D eigenvalue weighted by molar-refractivity contribution is 5.83. The minimum Gasteiger partial charge on any atom is -0.467 e. The van der Waals surface area contributed by atoms with Gasteiger partial charge in [-0.1, -0.05) is 30.3 Å². The van der Waals surface area contributed by atoms with Gasteiger partial charge in [-0.3, -0.25) is 4.90 Å². The molecule has 1 aromatic carbocycles. The van der Waals surface area contributed by atoms with Gasteiger partial charge in [0.05, 0.1) is 13.7 Å². The van der Waals surface area contributed by atoms with E-state index in [1.165, 1.54) is 16.9 Å². The summed E-state index contributed by atoms with van der Waals surface area (Å²) in [5.74, 6) is -0.610. The number of carbonyl (C=O) groups excluding carboxylic acids is 3. The fourth-order valence-electron chi connectivity index (χ4n) is 2.64. The third kappa shape index (κ3) is 5.87. The Morgan fingerprint density at radius 3 is 2.33 bits per heavy atom. The van der Waals surface area contributed by atoms with Crippen molar-refractivity contribution >= 4 is 18.2 Å². The van der Waals surface area contributed by atoms with E-state index in [2.05, 4.69) is 0 Å². The molecule has 0 aliphatic carbocycles. The van der Waals surface area contributed by atoms with Crippen molar-refractivity contribution in [2.75, 3.05) is 26.7 Å². The average Bonchev–Trinajstić information content (AvgIpc) is 2.64. The van der Waals surface area contributed by atoms with E-state index in [-0.39, 0.29) is 26.2 Å². The average molecular weight is 378 g/mol. The molecular weight excluding hydrogens is 352 g/mol. The zero-order valence-corrected chi connectivity index (χ0v) is 16.1. The van der Waals surface area contributed by atoms with Crippen molar-refractivity contribution < 1.29 is 28.6 Å². The zero-order chi connectivity index (χ0) is 20.0. The molecule has 1 heterocycles. The van der Waals surface area contributed by atoms with Crippen LogP contribution >= 0.6 is 0 Å². The molecule has 1 aliphatic heterocycles. The van der Waals surface area contributed by atoms with E-state index in [9.17, 15) is 14.4 Å². The molecule has 0 radical (unpaired) electrons. The van der Waals surface area contributed by atoms with Crippen LogP contribution in [0.1, 0.15) is 26.3 Å². The van der Waals surface area contributed by atoms with Crippen molar-refractivity contribution in [2.24, 2.45) is 0 Å². The van der Waals surface area contributed by atoms with E-state index in [0.717, 1.165) is 5.56 Å². The van der Waals surface area contributed by atoms with Crippen molar-refractivity contribution in [3.63, 3.8) is 0 Å². The lowest BCUT2D eigenvalue weighted by molar-refractivity contribution is -0.148. The summed E-state index contributed by atoms with van der Waals surface area (Å²) in [6.45, 7) is 5.74. The third-order valence-electron chi connectivity index (χ3n) is 3.94. The molecule has 27 heavy (non-hydrogen) atoms. The van der Waals surface area contributed by atoms with Crippen molar-refractivity contribution in [1.29, 1.82) is 0 Å². The van der Waals surface area contributed by atoms with E-state index in [0.29, 0.717) is 0 Å². The van der Waals surface area contributed by atoms with Crippen molar-refractivity contribution in [2.45, 2.75) is 39.0 Å².